The van der Waals surface area contributed by atoms with E-state index < -0.39 is 0 Å². The van der Waals surface area contributed by atoms with E-state index in [9.17, 15) is 4.79 Å². The van der Waals surface area contributed by atoms with Gasteiger partial charge < -0.3 is 5.32 Å². The van der Waals surface area contributed by atoms with E-state index in [4.69, 9.17) is 11.6 Å². The van der Waals surface area contributed by atoms with E-state index in [-0.39, 0.29) is 5.91 Å². The highest BCUT2D eigenvalue weighted by Crippen LogP contribution is 2.22. The van der Waals surface area contributed by atoms with Gasteiger partial charge in [0.05, 0.1) is 6.54 Å². The second-order valence-corrected chi connectivity index (χ2v) is 6.45. The van der Waals surface area contributed by atoms with Crippen molar-refractivity contribution in [2.45, 2.75) is 33.2 Å². The molecule has 0 spiro atoms. The summed E-state index contributed by atoms with van der Waals surface area (Å²) in [4.78, 5) is 14.4. The predicted molar refractivity (Wildman–Crippen MR) is 102 cm³/mol. The van der Waals surface area contributed by atoms with Crippen molar-refractivity contribution in [1.82, 2.24) is 4.90 Å². The van der Waals surface area contributed by atoms with E-state index in [1.54, 1.807) is 0 Å². The van der Waals surface area contributed by atoms with Crippen molar-refractivity contribution in [2.24, 2.45) is 0 Å². The summed E-state index contributed by atoms with van der Waals surface area (Å²) in [6.07, 6.45) is 1.81. The van der Waals surface area contributed by atoms with Gasteiger partial charge in [-0.05, 0) is 48.7 Å². The van der Waals surface area contributed by atoms with Gasteiger partial charge in [0, 0.05) is 17.3 Å². The van der Waals surface area contributed by atoms with Gasteiger partial charge in [-0.25, -0.2) is 0 Å². The van der Waals surface area contributed by atoms with Gasteiger partial charge in [-0.1, -0.05) is 55.8 Å². The van der Waals surface area contributed by atoms with Crippen molar-refractivity contribution in [3.8, 4) is 0 Å². The molecule has 0 atom stereocenters. The maximum Gasteiger partial charge on any atom is 0.238 e. The number of halogens is 1. The minimum atomic E-state index is 0.00938. The molecule has 2 rings (SSSR count). The molecule has 0 radical (unpaired) electrons. The number of benzene rings is 2. The molecule has 3 nitrogen and oxygen atoms in total. The summed E-state index contributed by atoms with van der Waals surface area (Å²) >= 11 is 6.01. The Morgan fingerprint density at radius 2 is 1.71 bits per heavy atom. The number of para-hydroxylation sites is 1. The molecule has 0 saturated carbocycles. The van der Waals surface area contributed by atoms with Crippen molar-refractivity contribution >= 4 is 23.2 Å². The Labute approximate surface area is 149 Å². The number of carbonyl (C=O) groups excluding carboxylic acids is 1. The zero-order valence-electron chi connectivity index (χ0n) is 14.6. The van der Waals surface area contributed by atoms with Crippen molar-refractivity contribution in [1.29, 1.82) is 0 Å². The van der Waals surface area contributed by atoms with Gasteiger partial charge >= 0.3 is 0 Å². The number of rotatable bonds is 7. The Morgan fingerprint density at radius 1 is 1.08 bits per heavy atom. The third-order valence-electron chi connectivity index (χ3n) is 4.02. The van der Waals surface area contributed by atoms with Crippen molar-refractivity contribution in [3.63, 3.8) is 0 Å². The minimum Gasteiger partial charge on any atom is -0.324 e. The van der Waals surface area contributed by atoms with E-state index in [2.05, 4.69) is 37.4 Å². The van der Waals surface area contributed by atoms with E-state index in [0.29, 0.717) is 13.1 Å². The highest BCUT2D eigenvalue weighted by atomic mass is 35.5. The number of carbonyl (C=O) groups is 1. The topological polar surface area (TPSA) is 32.3 Å². The molecule has 1 amide bonds. The van der Waals surface area contributed by atoms with Crippen LogP contribution in [0.15, 0.2) is 42.5 Å². The molecule has 0 aliphatic heterocycles. The molecule has 24 heavy (non-hydrogen) atoms. The zero-order chi connectivity index (χ0) is 17.5. The van der Waals surface area contributed by atoms with E-state index >= 15 is 0 Å². The first-order valence-electron chi connectivity index (χ1n) is 8.37. The summed E-state index contributed by atoms with van der Waals surface area (Å²) in [6.45, 7) is 5.24. The fourth-order valence-corrected chi connectivity index (χ4v) is 3.04. The first kappa shape index (κ1) is 18.5. The number of nitrogens with zero attached hydrogens (tertiary/aromatic N) is 1. The molecule has 0 saturated heterocycles. The van der Waals surface area contributed by atoms with Crippen molar-refractivity contribution < 1.29 is 4.79 Å². The third-order valence-corrected chi connectivity index (χ3v) is 4.25. The molecule has 0 aliphatic carbocycles. The molecule has 4 heteroatoms. The van der Waals surface area contributed by atoms with Crippen LogP contribution in [0.5, 0.6) is 0 Å². The van der Waals surface area contributed by atoms with E-state index in [0.717, 1.165) is 29.1 Å². The van der Waals surface area contributed by atoms with E-state index in [1.165, 1.54) is 11.1 Å². The standard InChI is InChI=1S/C20H25ClN2O/c1-4-16-9-7-10-17(5-2)20(16)22-19(24)14-23(3)13-15-8-6-11-18(21)12-15/h6-12H,4-5,13-14H2,1-3H3,(H,22,24). The molecule has 2 aromatic rings. The largest absolute Gasteiger partial charge is 0.324 e. The fourth-order valence-electron chi connectivity index (χ4n) is 2.83. The van der Waals surface area contributed by atoms with E-state index in [1.807, 2.05) is 36.2 Å². The summed E-state index contributed by atoms with van der Waals surface area (Å²) in [5.74, 6) is 0.00938. The Hall–Kier alpha value is -1.84. The summed E-state index contributed by atoms with van der Waals surface area (Å²) < 4.78 is 0. The minimum absolute atomic E-state index is 0.00938. The zero-order valence-corrected chi connectivity index (χ0v) is 15.4. The normalized spacial score (nSPS) is 10.9. The number of hydrogen-bond donors (Lipinski definition) is 1. The molecule has 0 heterocycles. The van der Waals surface area contributed by atoms with Gasteiger partial charge in [0.25, 0.3) is 0 Å². The number of hydrogen-bond acceptors (Lipinski definition) is 2. The predicted octanol–water partition coefficient (Wildman–Crippen LogP) is 4.54. The smallest absolute Gasteiger partial charge is 0.238 e. The molecule has 0 unspecified atom stereocenters. The molecular formula is C20H25ClN2O. The number of anilines is 1. The average Bonchev–Trinajstić information content (AvgIpc) is 2.54. The average molecular weight is 345 g/mol. The second kappa shape index (κ2) is 8.86. The summed E-state index contributed by atoms with van der Waals surface area (Å²) in [5.41, 5.74) is 4.44. The molecule has 0 aliphatic rings. The number of aryl methyl sites for hydroxylation is 2. The van der Waals surface area contributed by atoms with Gasteiger partial charge in [0.1, 0.15) is 0 Å². The van der Waals surface area contributed by atoms with Crippen molar-refractivity contribution in [2.75, 3.05) is 18.9 Å². The van der Waals surface area contributed by atoms with Gasteiger partial charge in [0.2, 0.25) is 5.91 Å². The van der Waals surface area contributed by atoms with Crippen LogP contribution < -0.4 is 5.32 Å². The highest BCUT2D eigenvalue weighted by Gasteiger charge is 2.12. The second-order valence-electron chi connectivity index (χ2n) is 6.01. The summed E-state index contributed by atoms with van der Waals surface area (Å²) in [7, 11) is 1.94. The Morgan fingerprint density at radius 3 is 2.29 bits per heavy atom. The lowest BCUT2D eigenvalue weighted by molar-refractivity contribution is -0.117. The van der Waals surface area contributed by atoms with Gasteiger partial charge in [-0.2, -0.15) is 0 Å². The maximum atomic E-state index is 12.4. The first-order valence-corrected chi connectivity index (χ1v) is 8.74. The van der Waals surface area contributed by atoms with Crippen LogP contribution in [0.3, 0.4) is 0 Å². The fraction of sp³-hybridized carbons (Fsp3) is 0.350. The van der Waals surface area contributed by atoms with Gasteiger partial charge in [-0.3, -0.25) is 9.69 Å². The van der Waals surface area contributed by atoms with Gasteiger partial charge in [-0.15, -0.1) is 0 Å². The van der Waals surface area contributed by atoms with Crippen LogP contribution in [0.2, 0.25) is 5.02 Å². The lowest BCUT2D eigenvalue weighted by atomic mass is 10.0. The van der Waals surface area contributed by atoms with Gasteiger partial charge in [0.15, 0.2) is 0 Å². The molecular weight excluding hydrogens is 320 g/mol. The van der Waals surface area contributed by atoms with Crippen LogP contribution in [-0.4, -0.2) is 24.4 Å². The maximum absolute atomic E-state index is 12.4. The number of nitrogens with one attached hydrogen (secondary N) is 1. The van der Waals surface area contributed by atoms with Crippen LogP contribution >= 0.6 is 11.6 Å². The van der Waals surface area contributed by atoms with Crippen LogP contribution in [0.4, 0.5) is 5.69 Å². The monoisotopic (exact) mass is 344 g/mol. The molecule has 128 valence electrons. The summed E-state index contributed by atoms with van der Waals surface area (Å²) in [6, 6.07) is 13.9. The molecule has 0 bridgehead atoms. The highest BCUT2D eigenvalue weighted by molar-refractivity contribution is 6.30. The van der Waals surface area contributed by atoms with Crippen LogP contribution in [0, 0.1) is 0 Å². The molecule has 1 N–H and O–H groups in total. The van der Waals surface area contributed by atoms with Crippen LogP contribution in [0.25, 0.3) is 0 Å². The molecule has 0 aromatic heterocycles. The summed E-state index contributed by atoms with van der Waals surface area (Å²) in [5, 5.41) is 3.82. The lowest BCUT2D eigenvalue weighted by Gasteiger charge is -2.19. The Balaban J connectivity index is 2.00. The number of likely N-dealkylation sites (N-methyl/N-ethyl adjacent to an activating group) is 1. The van der Waals surface area contributed by atoms with Crippen molar-refractivity contribution in [3.05, 3.63) is 64.2 Å². The Bertz CT molecular complexity index is 678. The third kappa shape index (κ3) is 5.08. The lowest BCUT2D eigenvalue weighted by Crippen LogP contribution is -2.30. The van der Waals surface area contributed by atoms with Crippen LogP contribution in [0.1, 0.15) is 30.5 Å². The quantitative estimate of drug-likeness (QED) is 0.800. The Kier molecular flexibility index (Phi) is 6.83. The molecule has 0 fully saturated rings. The SMILES string of the molecule is CCc1cccc(CC)c1NC(=O)CN(C)Cc1cccc(Cl)c1. The number of amides is 1. The van der Waals surface area contributed by atoms with Crippen LogP contribution in [-0.2, 0) is 24.2 Å². The first-order chi connectivity index (χ1) is 11.5. The molecule has 2 aromatic carbocycles.